The molecule has 0 radical (unpaired) electrons. The van der Waals surface area contributed by atoms with Crippen molar-refractivity contribution in [2.24, 2.45) is 5.73 Å². The van der Waals surface area contributed by atoms with Crippen LogP contribution in [-0.2, 0) is 9.47 Å². The molecule has 0 aromatic heterocycles. The first-order valence-electron chi connectivity index (χ1n) is 6.16. The van der Waals surface area contributed by atoms with Crippen LogP contribution in [0.2, 0.25) is 0 Å². The van der Waals surface area contributed by atoms with Gasteiger partial charge in [0.2, 0.25) is 0 Å². The highest BCUT2D eigenvalue weighted by atomic mass is 16.5. The van der Waals surface area contributed by atoms with E-state index in [0.717, 1.165) is 12.2 Å². The molecule has 0 saturated heterocycles. The van der Waals surface area contributed by atoms with Gasteiger partial charge in [-0.05, 0) is 26.3 Å². The van der Waals surface area contributed by atoms with E-state index in [1.165, 1.54) is 5.56 Å². The van der Waals surface area contributed by atoms with Gasteiger partial charge in [0.05, 0.1) is 19.3 Å². The highest BCUT2D eigenvalue weighted by Crippen LogP contribution is 2.20. The number of hydrogen-bond acceptors (Lipinski definition) is 3. The van der Waals surface area contributed by atoms with Gasteiger partial charge in [0.15, 0.2) is 0 Å². The molecule has 17 heavy (non-hydrogen) atoms. The second-order valence-electron chi connectivity index (χ2n) is 4.26. The Bertz CT molecular complexity index is 309. The van der Waals surface area contributed by atoms with Gasteiger partial charge in [-0.2, -0.15) is 0 Å². The maximum absolute atomic E-state index is 5.96. The summed E-state index contributed by atoms with van der Waals surface area (Å²) in [5.74, 6) is 0. The van der Waals surface area contributed by atoms with Crippen LogP contribution < -0.4 is 5.73 Å². The minimum absolute atomic E-state index is 0.0284. The Morgan fingerprint density at radius 3 is 2.35 bits per heavy atom. The van der Waals surface area contributed by atoms with Crippen LogP contribution in [0.25, 0.3) is 0 Å². The normalized spacial score (nSPS) is 14.6. The van der Waals surface area contributed by atoms with Crippen LogP contribution in [0.3, 0.4) is 0 Å². The predicted octanol–water partition coefficient (Wildman–Crippen LogP) is 2.44. The van der Waals surface area contributed by atoms with Gasteiger partial charge >= 0.3 is 0 Å². The Balaban J connectivity index is 2.56. The average Bonchev–Trinajstić information content (AvgIpc) is 2.30. The molecule has 1 aromatic carbocycles. The molecular formula is C14H23NO2. The zero-order valence-electron chi connectivity index (χ0n) is 11.0. The first-order valence-corrected chi connectivity index (χ1v) is 6.16. The molecule has 0 spiro atoms. The molecule has 2 N–H and O–H groups in total. The zero-order chi connectivity index (χ0) is 12.7. The summed E-state index contributed by atoms with van der Waals surface area (Å²) in [6, 6.07) is 8.28. The molecule has 1 rings (SSSR count). The van der Waals surface area contributed by atoms with E-state index >= 15 is 0 Å². The summed E-state index contributed by atoms with van der Waals surface area (Å²) in [7, 11) is 0. The molecule has 0 amide bonds. The lowest BCUT2D eigenvalue weighted by molar-refractivity contribution is -0.00242. The molecule has 0 fully saturated rings. The monoisotopic (exact) mass is 237 g/mol. The van der Waals surface area contributed by atoms with E-state index < -0.39 is 0 Å². The molecular weight excluding hydrogens is 214 g/mol. The number of benzene rings is 1. The second-order valence-corrected chi connectivity index (χ2v) is 4.26. The maximum atomic E-state index is 5.96. The van der Waals surface area contributed by atoms with E-state index in [4.69, 9.17) is 15.2 Å². The van der Waals surface area contributed by atoms with Crippen LogP contribution in [0, 0.1) is 6.92 Å². The van der Waals surface area contributed by atoms with Crippen LogP contribution in [0.15, 0.2) is 24.3 Å². The van der Waals surface area contributed by atoms with Crippen molar-refractivity contribution in [1.29, 1.82) is 0 Å². The van der Waals surface area contributed by atoms with E-state index in [1.54, 1.807) is 0 Å². The van der Waals surface area contributed by atoms with Gasteiger partial charge in [0, 0.05) is 12.6 Å². The standard InChI is InChI=1S/C14H23NO2/c1-4-16-9-10-17-14(12(3)15)13-7-5-11(2)6-8-13/h5-8,12,14H,4,9-10,15H2,1-3H3. The summed E-state index contributed by atoms with van der Waals surface area (Å²) < 4.78 is 11.0. The first-order chi connectivity index (χ1) is 8.15. The summed E-state index contributed by atoms with van der Waals surface area (Å²) >= 11 is 0. The Labute approximate surface area is 104 Å². The average molecular weight is 237 g/mol. The summed E-state index contributed by atoms with van der Waals surface area (Å²) in [5.41, 5.74) is 8.32. The van der Waals surface area contributed by atoms with Crippen LogP contribution in [0.1, 0.15) is 31.1 Å². The van der Waals surface area contributed by atoms with E-state index in [9.17, 15) is 0 Å². The zero-order valence-corrected chi connectivity index (χ0v) is 11.0. The quantitative estimate of drug-likeness (QED) is 0.741. The van der Waals surface area contributed by atoms with Gasteiger partial charge in [0.1, 0.15) is 0 Å². The Kier molecular flexibility index (Phi) is 6.19. The Morgan fingerprint density at radius 1 is 1.18 bits per heavy atom. The van der Waals surface area contributed by atoms with E-state index in [-0.39, 0.29) is 12.1 Å². The minimum Gasteiger partial charge on any atom is -0.379 e. The topological polar surface area (TPSA) is 44.5 Å². The largest absolute Gasteiger partial charge is 0.379 e. The summed E-state index contributed by atoms with van der Waals surface area (Å²) in [5, 5.41) is 0. The number of aryl methyl sites for hydroxylation is 1. The van der Waals surface area contributed by atoms with Crippen molar-refractivity contribution < 1.29 is 9.47 Å². The Hall–Kier alpha value is -0.900. The lowest BCUT2D eigenvalue weighted by atomic mass is 10.0. The molecule has 0 aliphatic carbocycles. The molecule has 0 heterocycles. The van der Waals surface area contributed by atoms with Crippen molar-refractivity contribution in [2.45, 2.75) is 32.9 Å². The fraction of sp³-hybridized carbons (Fsp3) is 0.571. The van der Waals surface area contributed by atoms with Crippen LogP contribution in [-0.4, -0.2) is 25.9 Å². The van der Waals surface area contributed by atoms with Gasteiger partial charge in [-0.3, -0.25) is 0 Å². The molecule has 3 nitrogen and oxygen atoms in total. The van der Waals surface area contributed by atoms with Crippen molar-refractivity contribution in [1.82, 2.24) is 0 Å². The Morgan fingerprint density at radius 2 is 1.82 bits per heavy atom. The van der Waals surface area contributed by atoms with E-state index in [0.29, 0.717) is 13.2 Å². The summed E-state index contributed by atoms with van der Waals surface area (Å²) in [6.45, 7) is 7.92. The number of hydrogen-bond donors (Lipinski definition) is 1. The maximum Gasteiger partial charge on any atom is 0.0974 e. The third-order valence-electron chi connectivity index (χ3n) is 2.61. The van der Waals surface area contributed by atoms with Gasteiger partial charge in [-0.15, -0.1) is 0 Å². The molecule has 0 saturated carbocycles. The smallest absolute Gasteiger partial charge is 0.0974 e. The SMILES string of the molecule is CCOCCOC(c1ccc(C)cc1)C(C)N. The highest BCUT2D eigenvalue weighted by Gasteiger charge is 2.16. The van der Waals surface area contributed by atoms with Crippen molar-refractivity contribution in [2.75, 3.05) is 19.8 Å². The number of ether oxygens (including phenoxy) is 2. The molecule has 0 bridgehead atoms. The summed E-state index contributed by atoms with van der Waals surface area (Å²) in [4.78, 5) is 0. The molecule has 0 aliphatic rings. The molecule has 2 atom stereocenters. The molecule has 2 unspecified atom stereocenters. The first kappa shape index (κ1) is 14.2. The van der Waals surface area contributed by atoms with Crippen molar-refractivity contribution in [3.8, 4) is 0 Å². The summed E-state index contributed by atoms with van der Waals surface area (Å²) in [6.07, 6.45) is -0.0592. The molecule has 0 aliphatic heterocycles. The van der Waals surface area contributed by atoms with Crippen molar-refractivity contribution >= 4 is 0 Å². The van der Waals surface area contributed by atoms with Crippen molar-refractivity contribution in [3.05, 3.63) is 35.4 Å². The van der Waals surface area contributed by atoms with Gasteiger partial charge in [-0.25, -0.2) is 0 Å². The van der Waals surface area contributed by atoms with Crippen LogP contribution >= 0.6 is 0 Å². The fourth-order valence-electron chi connectivity index (χ4n) is 1.69. The third-order valence-corrected chi connectivity index (χ3v) is 2.61. The molecule has 96 valence electrons. The van der Waals surface area contributed by atoms with Crippen molar-refractivity contribution in [3.63, 3.8) is 0 Å². The second kappa shape index (κ2) is 7.43. The van der Waals surface area contributed by atoms with Gasteiger partial charge < -0.3 is 15.2 Å². The fourth-order valence-corrected chi connectivity index (χ4v) is 1.69. The number of rotatable bonds is 7. The highest BCUT2D eigenvalue weighted by molar-refractivity contribution is 5.24. The minimum atomic E-state index is -0.0592. The molecule has 1 aromatic rings. The third kappa shape index (κ3) is 4.86. The van der Waals surface area contributed by atoms with E-state index in [1.807, 2.05) is 13.8 Å². The molecule has 3 heteroatoms. The predicted molar refractivity (Wildman–Crippen MR) is 70.0 cm³/mol. The van der Waals surface area contributed by atoms with Crippen LogP contribution in [0.4, 0.5) is 0 Å². The van der Waals surface area contributed by atoms with Crippen LogP contribution in [0.5, 0.6) is 0 Å². The van der Waals surface area contributed by atoms with Gasteiger partial charge in [-0.1, -0.05) is 29.8 Å². The lowest BCUT2D eigenvalue weighted by Gasteiger charge is -2.22. The van der Waals surface area contributed by atoms with Gasteiger partial charge in [0.25, 0.3) is 0 Å². The lowest BCUT2D eigenvalue weighted by Crippen LogP contribution is -2.28. The number of nitrogens with two attached hydrogens (primary N) is 1. The van der Waals surface area contributed by atoms with E-state index in [2.05, 4.69) is 31.2 Å².